The van der Waals surface area contributed by atoms with Crippen LogP contribution in [-0.4, -0.2) is 20.4 Å². The molecule has 1 amide bonds. The summed E-state index contributed by atoms with van der Waals surface area (Å²) in [6, 6.07) is 3.22. The predicted molar refractivity (Wildman–Crippen MR) is 92.7 cm³/mol. The average Bonchev–Trinajstić information content (AvgIpc) is 2.89. The summed E-state index contributed by atoms with van der Waals surface area (Å²) in [4.78, 5) is 45.6. The quantitative estimate of drug-likeness (QED) is 0.609. The molecule has 7 heteroatoms. The van der Waals surface area contributed by atoms with Crippen molar-refractivity contribution in [1.82, 2.24) is 19.9 Å². The van der Waals surface area contributed by atoms with Gasteiger partial charge in [-0.05, 0) is 37.8 Å². The van der Waals surface area contributed by atoms with E-state index in [-0.39, 0.29) is 33.5 Å². The molecule has 2 N–H and O–H groups in total. The van der Waals surface area contributed by atoms with Crippen molar-refractivity contribution in [2.45, 2.75) is 37.8 Å². The number of hydrogen-bond acceptors (Lipinski definition) is 4. The molecule has 1 fully saturated rings. The number of carbonyl (C=O) groups excluding carboxylic acids is 1. The molecule has 0 aromatic carbocycles. The second-order valence-electron chi connectivity index (χ2n) is 6.88. The number of nitrogens with zero attached hydrogens (tertiary/aromatic N) is 2. The Bertz CT molecular complexity index is 1170. The Morgan fingerprint density at radius 2 is 1.88 bits per heavy atom. The maximum absolute atomic E-state index is 13.2. The molecule has 126 valence electrons. The molecule has 4 heterocycles. The van der Waals surface area contributed by atoms with E-state index in [1.165, 1.54) is 6.20 Å². The van der Waals surface area contributed by atoms with Gasteiger partial charge in [-0.2, -0.15) is 0 Å². The molecule has 0 bridgehead atoms. The van der Waals surface area contributed by atoms with Crippen LogP contribution in [0.25, 0.3) is 21.8 Å². The minimum absolute atomic E-state index is 0.236. The van der Waals surface area contributed by atoms with Crippen molar-refractivity contribution in [2.75, 3.05) is 0 Å². The van der Waals surface area contributed by atoms with Crippen molar-refractivity contribution in [1.29, 1.82) is 0 Å². The van der Waals surface area contributed by atoms with Crippen LogP contribution in [0.3, 0.4) is 0 Å². The molecule has 2 aliphatic rings. The standard InChI is InChI=1S/C18H16N4O3/c23-15-10-8-13-16(24)21-18(5-2-1-3-6-18)22(13)17(25)14(10)20-12-4-7-19-9-11(12)15/h4,7-9H,1-3,5-6H2,(H,20,23)(H,21,24). The van der Waals surface area contributed by atoms with Crippen molar-refractivity contribution >= 4 is 27.7 Å². The summed E-state index contributed by atoms with van der Waals surface area (Å²) in [7, 11) is 0. The van der Waals surface area contributed by atoms with Gasteiger partial charge in [-0.3, -0.25) is 23.9 Å². The van der Waals surface area contributed by atoms with E-state index in [0.29, 0.717) is 10.9 Å². The van der Waals surface area contributed by atoms with Crippen molar-refractivity contribution in [3.63, 3.8) is 0 Å². The van der Waals surface area contributed by atoms with Gasteiger partial charge in [0, 0.05) is 12.4 Å². The van der Waals surface area contributed by atoms with Gasteiger partial charge in [0.2, 0.25) is 0 Å². The van der Waals surface area contributed by atoms with Crippen LogP contribution in [0.2, 0.25) is 0 Å². The van der Waals surface area contributed by atoms with E-state index in [1.807, 2.05) is 0 Å². The Hall–Kier alpha value is -2.96. The fourth-order valence-corrected chi connectivity index (χ4v) is 4.28. The van der Waals surface area contributed by atoms with Gasteiger partial charge in [-0.25, -0.2) is 0 Å². The smallest absolute Gasteiger partial charge is 0.277 e. The lowest BCUT2D eigenvalue weighted by Gasteiger charge is -2.35. The molecular formula is C18H16N4O3. The summed E-state index contributed by atoms with van der Waals surface area (Å²) in [6.07, 6.45) is 7.54. The second-order valence-corrected chi connectivity index (χ2v) is 6.88. The summed E-state index contributed by atoms with van der Waals surface area (Å²) in [6.45, 7) is 0. The maximum Gasteiger partial charge on any atom is 0.277 e. The summed E-state index contributed by atoms with van der Waals surface area (Å²) >= 11 is 0. The highest BCUT2D eigenvalue weighted by Gasteiger charge is 2.44. The molecule has 0 atom stereocenters. The van der Waals surface area contributed by atoms with Gasteiger partial charge < -0.3 is 10.3 Å². The van der Waals surface area contributed by atoms with E-state index in [4.69, 9.17) is 0 Å². The molecule has 1 spiro atoms. The highest BCUT2D eigenvalue weighted by Crippen LogP contribution is 2.36. The van der Waals surface area contributed by atoms with Gasteiger partial charge >= 0.3 is 0 Å². The lowest BCUT2D eigenvalue weighted by molar-refractivity contribution is 0.0877. The number of aromatic amines is 1. The maximum atomic E-state index is 13.2. The molecule has 0 radical (unpaired) electrons. The third-order valence-electron chi connectivity index (χ3n) is 5.47. The van der Waals surface area contributed by atoms with Gasteiger partial charge in [0.1, 0.15) is 16.9 Å². The third-order valence-corrected chi connectivity index (χ3v) is 5.47. The largest absolute Gasteiger partial charge is 0.350 e. The molecule has 1 saturated carbocycles. The van der Waals surface area contributed by atoms with E-state index in [2.05, 4.69) is 15.3 Å². The Morgan fingerprint density at radius 1 is 1.08 bits per heavy atom. The number of H-pyrrole nitrogens is 1. The van der Waals surface area contributed by atoms with Crippen LogP contribution < -0.4 is 16.3 Å². The van der Waals surface area contributed by atoms with Crippen LogP contribution in [0.1, 0.15) is 42.6 Å². The zero-order valence-corrected chi connectivity index (χ0v) is 13.5. The highest BCUT2D eigenvalue weighted by molar-refractivity contribution is 6.00. The van der Waals surface area contributed by atoms with Crippen LogP contribution >= 0.6 is 0 Å². The molecule has 1 aliphatic carbocycles. The Kier molecular flexibility index (Phi) is 2.75. The summed E-state index contributed by atoms with van der Waals surface area (Å²) in [5.74, 6) is -0.286. The van der Waals surface area contributed by atoms with Crippen LogP contribution in [0.4, 0.5) is 0 Å². The van der Waals surface area contributed by atoms with E-state index >= 15 is 0 Å². The Balaban J connectivity index is 1.92. The van der Waals surface area contributed by atoms with Crippen molar-refractivity contribution in [3.05, 3.63) is 50.8 Å². The number of amides is 1. The molecule has 0 saturated heterocycles. The second kappa shape index (κ2) is 4.78. The first-order valence-corrected chi connectivity index (χ1v) is 8.49. The summed E-state index contributed by atoms with van der Waals surface area (Å²) < 4.78 is 1.57. The Morgan fingerprint density at radius 3 is 2.68 bits per heavy atom. The van der Waals surface area contributed by atoms with E-state index in [1.54, 1.807) is 22.9 Å². The number of hydrogen-bond donors (Lipinski definition) is 2. The normalized spacial score (nSPS) is 18.6. The van der Waals surface area contributed by atoms with E-state index < -0.39 is 5.66 Å². The average molecular weight is 336 g/mol. The molecule has 3 aromatic rings. The van der Waals surface area contributed by atoms with Crippen LogP contribution in [0, 0.1) is 0 Å². The molecule has 25 heavy (non-hydrogen) atoms. The van der Waals surface area contributed by atoms with Crippen LogP contribution in [0.15, 0.2) is 34.1 Å². The number of fused-ring (bicyclic) bond motifs is 4. The summed E-state index contributed by atoms with van der Waals surface area (Å²) in [5, 5.41) is 3.65. The zero-order valence-electron chi connectivity index (χ0n) is 13.5. The fraction of sp³-hybridized carbons (Fsp3) is 0.333. The van der Waals surface area contributed by atoms with Gasteiger partial charge in [0.15, 0.2) is 5.43 Å². The lowest BCUT2D eigenvalue weighted by atomic mass is 9.89. The molecule has 5 rings (SSSR count). The first-order valence-electron chi connectivity index (χ1n) is 8.49. The van der Waals surface area contributed by atoms with Crippen molar-refractivity contribution in [2.24, 2.45) is 0 Å². The lowest BCUT2D eigenvalue weighted by Crippen LogP contribution is -2.48. The van der Waals surface area contributed by atoms with Gasteiger partial charge in [0.05, 0.1) is 16.3 Å². The monoisotopic (exact) mass is 336 g/mol. The van der Waals surface area contributed by atoms with Crippen LogP contribution in [-0.2, 0) is 5.66 Å². The number of carbonyl (C=O) groups is 1. The van der Waals surface area contributed by atoms with Gasteiger partial charge in [-0.1, -0.05) is 6.42 Å². The van der Waals surface area contributed by atoms with Crippen LogP contribution in [0.5, 0.6) is 0 Å². The van der Waals surface area contributed by atoms with Crippen molar-refractivity contribution in [3.8, 4) is 0 Å². The van der Waals surface area contributed by atoms with Crippen molar-refractivity contribution < 1.29 is 4.79 Å². The first-order chi connectivity index (χ1) is 12.1. The van der Waals surface area contributed by atoms with E-state index in [9.17, 15) is 14.4 Å². The SMILES string of the molecule is O=C1NC2(CCCCC2)n2c1cc1c(=O)c3cnccc3[nH]c1c2=O. The Labute approximate surface area is 141 Å². The first kappa shape index (κ1) is 14.4. The number of rotatable bonds is 0. The number of nitrogens with one attached hydrogen (secondary N) is 2. The fourth-order valence-electron chi connectivity index (χ4n) is 4.28. The minimum Gasteiger partial charge on any atom is -0.350 e. The van der Waals surface area contributed by atoms with Gasteiger partial charge in [0.25, 0.3) is 11.5 Å². The predicted octanol–water partition coefficient (Wildman–Crippen LogP) is 1.60. The molecule has 3 aromatic heterocycles. The van der Waals surface area contributed by atoms with Gasteiger partial charge in [-0.15, -0.1) is 0 Å². The molecule has 0 unspecified atom stereocenters. The topological polar surface area (TPSA) is 96.8 Å². The third kappa shape index (κ3) is 1.80. The van der Waals surface area contributed by atoms with E-state index in [0.717, 1.165) is 32.1 Å². The number of aromatic nitrogens is 3. The number of pyridine rings is 3. The molecule has 1 aliphatic heterocycles. The summed E-state index contributed by atoms with van der Waals surface area (Å²) in [5.41, 5.74) is -0.166. The minimum atomic E-state index is -0.653. The molecular weight excluding hydrogens is 320 g/mol. The molecule has 7 nitrogen and oxygen atoms in total. The highest BCUT2D eigenvalue weighted by atomic mass is 16.2. The zero-order chi connectivity index (χ0) is 17.2.